The van der Waals surface area contributed by atoms with Crippen molar-refractivity contribution in [2.45, 2.75) is 6.42 Å². The molecule has 0 N–H and O–H groups in total. The van der Waals surface area contributed by atoms with Crippen molar-refractivity contribution in [3.63, 3.8) is 0 Å². The van der Waals surface area contributed by atoms with E-state index >= 15 is 0 Å². The van der Waals surface area contributed by atoms with Crippen molar-refractivity contribution >= 4 is 22.8 Å². The fourth-order valence-corrected chi connectivity index (χ4v) is 2.64. The predicted octanol–water partition coefficient (Wildman–Crippen LogP) is 3.01. The zero-order chi connectivity index (χ0) is 15.2. The monoisotopic (exact) mass is 304 g/mol. The molecule has 0 radical (unpaired) electrons. The first-order valence-corrected chi connectivity index (χ1v) is 7.43. The maximum absolute atomic E-state index is 12.1. The number of carbonyl (C=O) groups excluding carboxylic acids is 1. The molecule has 21 heavy (non-hydrogen) atoms. The van der Waals surface area contributed by atoms with Gasteiger partial charge < -0.3 is 0 Å². The van der Waals surface area contributed by atoms with Crippen molar-refractivity contribution in [1.82, 2.24) is 4.90 Å². The molecule has 5 nitrogen and oxygen atoms in total. The molecule has 1 aromatic heterocycles. The Hall–Kier alpha value is -2.05. The molecule has 0 aliphatic rings. The zero-order valence-electron chi connectivity index (χ0n) is 11.7. The summed E-state index contributed by atoms with van der Waals surface area (Å²) >= 11 is 1.71. The molecule has 110 valence electrons. The fourth-order valence-electron chi connectivity index (χ4n) is 1.94. The maximum atomic E-state index is 12.1. The number of nitro groups is 1. The van der Waals surface area contributed by atoms with Gasteiger partial charge in [-0.1, -0.05) is 6.07 Å². The van der Waals surface area contributed by atoms with E-state index in [2.05, 4.69) is 6.07 Å². The largest absolute Gasteiger partial charge is 0.299 e. The van der Waals surface area contributed by atoms with Gasteiger partial charge in [-0.3, -0.25) is 19.8 Å². The Morgan fingerprint density at radius 3 is 2.57 bits per heavy atom. The Balaban J connectivity index is 1.86. The molecule has 6 heteroatoms. The van der Waals surface area contributed by atoms with E-state index in [1.807, 2.05) is 23.4 Å². The van der Waals surface area contributed by atoms with Crippen LogP contribution in [0.2, 0.25) is 0 Å². The second kappa shape index (κ2) is 7.10. The number of thiophene rings is 1. The smallest absolute Gasteiger partial charge is 0.269 e. The van der Waals surface area contributed by atoms with E-state index in [9.17, 15) is 14.9 Å². The van der Waals surface area contributed by atoms with Gasteiger partial charge >= 0.3 is 0 Å². The minimum atomic E-state index is -0.471. The molecule has 0 amide bonds. The van der Waals surface area contributed by atoms with Gasteiger partial charge in [-0.05, 0) is 37.0 Å². The minimum Gasteiger partial charge on any atom is -0.299 e. The minimum absolute atomic E-state index is 0.00222. The van der Waals surface area contributed by atoms with Crippen LogP contribution in [0.3, 0.4) is 0 Å². The zero-order valence-corrected chi connectivity index (χ0v) is 12.5. The van der Waals surface area contributed by atoms with Crippen molar-refractivity contribution in [1.29, 1.82) is 0 Å². The summed E-state index contributed by atoms with van der Waals surface area (Å²) in [5, 5.41) is 12.6. The number of Topliss-reactive ketones (excluding diaryl/α,β-unsaturated/α-hetero) is 1. The van der Waals surface area contributed by atoms with Gasteiger partial charge in [0, 0.05) is 29.1 Å². The molecule has 2 aromatic rings. The van der Waals surface area contributed by atoms with Crippen LogP contribution >= 0.6 is 11.3 Å². The van der Waals surface area contributed by atoms with Crippen LogP contribution < -0.4 is 0 Å². The van der Waals surface area contributed by atoms with E-state index in [0.717, 1.165) is 13.0 Å². The average molecular weight is 304 g/mol. The summed E-state index contributed by atoms with van der Waals surface area (Å²) in [5.74, 6) is -0.0291. The summed E-state index contributed by atoms with van der Waals surface area (Å²) in [6.07, 6.45) is 0.918. The van der Waals surface area contributed by atoms with Gasteiger partial charge in [0.1, 0.15) is 0 Å². The summed E-state index contributed by atoms with van der Waals surface area (Å²) in [6.45, 7) is 1.11. The molecular weight excluding hydrogens is 288 g/mol. The predicted molar refractivity (Wildman–Crippen MR) is 82.9 cm³/mol. The molecular formula is C15H16N2O3S. The third-order valence-electron chi connectivity index (χ3n) is 3.13. The normalized spacial score (nSPS) is 10.8. The van der Waals surface area contributed by atoms with Crippen molar-refractivity contribution < 1.29 is 9.72 Å². The van der Waals surface area contributed by atoms with Crippen LogP contribution in [-0.4, -0.2) is 35.7 Å². The van der Waals surface area contributed by atoms with E-state index in [4.69, 9.17) is 0 Å². The van der Waals surface area contributed by atoms with Gasteiger partial charge in [0.05, 0.1) is 11.5 Å². The SMILES string of the molecule is CN(CCc1cccs1)CC(=O)c1ccc([N+](=O)[O-])cc1. The Labute approximate surface area is 127 Å². The second-order valence-corrected chi connectivity index (χ2v) is 5.83. The molecule has 0 saturated heterocycles. The lowest BCUT2D eigenvalue weighted by molar-refractivity contribution is -0.384. The molecule has 0 aliphatic heterocycles. The highest BCUT2D eigenvalue weighted by molar-refractivity contribution is 7.09. The van der Waals surface area contributed by atoms with E-state index in [-0.39, 0.29) is 11.5 Å². The van der Waals surface area contributed by atoms with Crippen molar-refractivity contribution in [2.24, 2.45) is 0 Å². The van der Waals surface area contributed by atoms with Crippen molar-refractivity contribution in [3.8, 4) is 0 Å². The highest BCUT2D eigenvalue weighted by Crippen LogP contribution is 2.13. The van der Waals surface area contributed by atoms with E-state index in [0.29, 0.717) is 12.1 Å². The van der Waals surface area contributed by atoms with E-state index < -0.39 is 4.92 Å². The Bertz CT molecular complexity index is 608. The van der Waals surface area contributed by atoms with Gasteiger partial charge in [-0.2, -0.15) is 0 Å². The lowest BCUT2D eigenvalue weighted by Crippen LogP contribution is -2.27. The number of nitrogens with zero attached hydrogens (tertiary/aromatic N) is 2. The van der Waals surface area contributed by atoms with Crippen LogP contribution in [0.5, 0.6) is 0 Å². The molecule has 1 heterocycles. The van der Waals surface area contributed by atoms with Crippen LogP contribution in [0.25, 0.3) is 0 Å². The summed E-state index contributed by atoms with van der Waals surface area (Å²) < 4.78 is 0. The Morgan fingerprint density at radius 1 is 1.29 bits per heavy atom. The lowest BCUT2D eigenvalue weighted by atomic mass is 10.1. The van der Waals surface area contributed by atoms with Gasteiger partial charge in [0.2, 0.25) is 0 Å². The first-order valence-electron chi connectivity index (χ1n) is 6.55. The highest BCUT2D eigenvalue weighted by atomic mass is 32.1. The molecule has 1 aromatic carbocycles. The number of ketones is 1. The van der Waals surface area contributed by atoms with E-state index in [1.165, 1.54) is 29.1 Å². The molecule has 0 aliphatic carbocycles. The van der Waals surface area contributed by atoms with Gasteiger partial charge in [-0.25, -0.2) is 0 Å². The summed E-state index contributed by atoms with van der Waals surface area (Å²) in [6, 6.07) is 9.83. The van der Waals surface area contributed by atoms with Crippen LogP contribution in [0.1, 0.15) is 15.2 Å². The molecule has 0 spiro atoms. The second-order valence-electron chi connectivity index (χ2n) is 4.79. The average Bonchev–Trinajstić information content (AvgIpc) is 2.98. The number of benzene rings is 1. The number of non-ortho nitro benzene ring substituents is 1. The van der Waals surface area contributed by atoms with Gasteiger partial charge in [0.25, 0.3) is 5.69 Å². The number of hydrogen-bond donors (Lipinski definition) is 0. The van der Waals surface area contributed by atoms with Crippen LogP contribution in [-0.2, 0) is 6.42 Å². The topological polar surface area (TPSA) is 63.5 Å². The Morgan fingerprint density at radius 2 is 2.00 bits per heavy atom. The maximum Gasteiger partial charge on any atom is 0.269 e. The number of likely N-dealkylation sites (N-methyl/N-ethyl adjacent to an activating group) is 1. The van der Waals surface area contributed by atoms with Gasteiger partial charge in [0.15, 0.2) is 5.78 Å². The Kier molecular flexibility index (Phi) is 5.19. The molecule has 2 rings (SSSR count). The molecule has 0 unspecified atom stereocenters. The van der Waals surface area contributed by atoms with Crippen LogP contribution in [0, 0.1) is 10.1 Å². The lowest BCUT2D eigenvalue weighted by Gasteiger charge is -2.15. The third kappa shape index (κ3) is 4.47. The van der Waals surface area contributed by atoms with Gasteiger partial charge in [-0.15, -0.1) is 11.3 Å². The van der Waals surface area contributed by atoms with Crippen LogP contribution in [0.15, 0.2) is 41.8 Å². The molecule has 0 bridgehead atoms. The molecule has 0 fully saturated rings. The van der Waals surface area contributed by atoms with E-state index in [1.54, 1.807) is 11.3 Å². The number of nitro benzene ring substituents is 1. The molecule has 0 atom stereocenters. The van der Waals surface area contributed by atoms with Crippen molar-refractivity contribution in [3.05, 3.63) is 62.3 Å². The summed E-state index contributed by atoms with van der Waals surface area (Å²) in [7, 11) is 1.90. The highest BCUT2D eigenvalue weighted by Gasteiger charge is 2.11. The summed E-state index contributed by atoms with van der Waals surface area (Å²) in [5.41, 5.74) is 0.501. The quantitative estimate of drug-likeness (QED) is 0.448. The number of carbonyl (C=O) groups is 1. The number of rotatable bonds is 7. The molecule has 0 saturated carbocycles. The first-order chi connectivity index (χ1) is 10.1. The third-order valence-corrected chi connectivity index (χ3v) is 4.07. The van der Waals surface area contributed by atoms with Crippen LogP contribution in [0.4, 0.5) is 5.69 Å². The summed E-state index contributed by atoms with van der Waals surface area (Å²) in [4.78, 5) is 25.4. The number of hydrogen-bond acceptors (Lipinski definition) is 5. The van der Waals surface area contributed by atoms with Crippen molar-refractivity contribution in [2.75, 3.05) is 20.1 Å². The fraction of sp³-hybridized carbons (Fsp3) is 0.267. The standard InChI is InChI=1S/C15H16N2O3S/c1-16(9-8-14-3-2-10-21-14)11-15(18)12-4-6-13(7-5-12)17(19)20/h2-7,10H,8-9,11H2,1H3. The first kappa shape index (κ1) is 15.3.